The number of rotatable bonds is 8. The SMILES string of the molecule is O=S(=O)(c1ccc(Oc2cccnc2)cc1)N1CC2C(CNc3ccc(N4CCOCC4)c(F)c3)C2C1. The summed E-state index contributed by atoms with van der Waals surface area (Å²) in [6.45, 7) is 4.34. The molecule has 2 aromatic carbocycles. The smallest absolute Gasteiger partial charge is 0.243 e. The summed E-state index contributed by atoms with van der Waals surface area (Å²) in [5.41, 5.74) is 1.35. The second kappa shape index (κ2) is 9.92. The largest absolute Gasteiger partial charge is 0.456 e. The van der Waals surface area contributed by atoms with Crippen molar-refractivity contribution < 1.29 is 22.3 Å². The van der Waals surface area contributed by atoms with Gasteiger partial charge in [-0.05, 0) is 72.4 Å². The number of anilines is 2. The number of morpholine rings is 1. The lowest BCUT2D eigenvalue weighted by Gasteiger charge is -2.29. The number of fused-ring (bicyclic) bond motifs is 1. The van der Waals surface area contributed by atoms with E-state index in [9.17, 15) is 12.8 Å². The Balaban J connectivity index is 1.01. The molecule has 2 unspecified atom stereocenters. The van der Waals surface area contributed by atoms with Crippen LogP contribution in [0.2, 0.25) is 0 Å². The Labute approximate surface area is 216 Å². The molecule has 3 fully saturated rings. The van der Waals surface area contributed by atoms with E-state index in [2.05, 4.69) is 10.3 Å². The van der Waals surface area contributed by atoms with Gasteiger partial charge in [-0.3, -0.25) is 4.98 Å². The molecule has 6 rings (SSSR count). The summed E-state index contributed by atoms with van der Waals surface area (Å²) in [7, 11) is -3.56. The summed E-state index contributed by atoms with van der Waals surface area (Å²) in [6.07, 6.45) is 3.26. The molecule has 194 valence electrons. The van der Waals surface area contributed by atoms with Crippen molar-refractivity contribution >= 4 is 21.4 Å². The molecule has 37 heavy (non-hydrogen) atoms. The fourth-order valence-electron chi connectivity index (χ4n) is 5.40. The fourth-order valence-corrected chi connectivity index (χ4v) is 6.91. The molecule has 0 bridgehead atoms. The van der Waals surface area contributed by atoms with Crippen LogP contribution in [0.3, 0.4) is 0 Å². The van der Waals surface area contributed by atoms with Gasteiger partial charge in [-0.1, -0.05) is 0 Å². The highest BCUT2D eigenvalue weighted by molar-refractivity contribution is 7.89. The van der Waals surface area contributed by atoms with Crippen molar-refractivity contribution in [1.29, 1.82) is 0 Å². The average Bonchev–Trinajstić information content (AvgIpc) is 3.36. The molecule has 1 saturated carbocycles. The molecule has 1 aromatic heterocycles. The topological polar surface area (TPSA) is 84.0 Å². The molecule has 2 aliphatic heterocycles. The predicted octanol–water partition coefficient (Wildman–Crippen LogP) is 3.83. The third-order valence-corrected chi connectivity index (χ3v) is 9.36. The highest BCUT2D eigenvalue weighted by Crippen LogP contribution is 2.52. The zero-order valence-corrected chi connectivity index (χ0v) is 21.1. The normalized spacial score (nSPS) is 23.5. The summed E-state index contributed by atoms with van der Waals surface area (Å²) in [6, 6.07) is 15.3. The van der Waals surface area contributed by atoms with Gasteiger partial charge in [0, 0.05) is 44.6 Å². The van der Waals surface area contributed by atoms with Crippen molar-refractivity contribution in [2.45, 2.75) is 4.90 Å². The van der Waals surface area contributed by atoms with Gasteiger partial charge in [0.25, 0.3) is 0 Å². The van der Waals surface area contributed by atoms with Crippen molar-refractivity contribution in [3.8, 4) is 11.5 Å². The van der Waals surface area contributed by atoms with Gasteiger partial charge >= 0.3 is 0 Å². The van der Waals surface area contributed by atoms with Gasteiger partial charge in [0.1, 0.15) is 17.3 Å². The lowest BCUT2D eigenvalue weighted by molar-refractivity contribution is 0.122. The van der Waals surface area contributed by atoms with E-state index in [1.54, 1.807) is 59.2 Å². The van der Waals surface area contributed by atoms with Crippen molar-refractivity contribution in [3.05, 3.63) is 72.8 Å². The second-order valence-corrected chi connectivity index (χ2v) is 11.7. The van der Waals surface area contributed by atoms with E-state index < -0.39 is 10.0 Å². The van der Waals surface area contributed by atoms with E-state index >= 15 is 0 Å². The molecule has 0 radical (unpaired) electrons. The number of hydrogen-bond donors (Lipinski definition) is 1. The molecule has 1 aliphatic carbocycles. The zero-order valence-electron chi connectivity index (χ0n) is 20.3. The lowest BCUT2D eigenvalue weighted by atomic mass is 10.2. The molecule has 1 N–H and O–H groups in total. The number of nitrogens with zero attached hydrogens (tertiary/aromatic N) is 3. The highest BCUT2D eigenvalue weighted by Gasteiger charge is 2.57. The fraction of sp³-hybridized carbons (Fsp3) is 0.370. The van der Waals surface area contributed by atoms with Crippen LogP contribution in [0, 0.1) is 23.6 Å². The van der Waals surface area contributed by atoms with E-state index in [0.29, 0.717) is 80.9 Å². The summed E-state index contributed by atoms with van der Waals surface area (Å²) in [5, 5.41) is 3.35. The maximum absolute atomic E-state index is 14.7. The van der Waals surface area contributed by atoms with Gasteiger partial charge in [-0.25, -0.2) is 12.8 Å². The van der Waals surface area contributed by atoms with E-state index in [0.717, 1.165) is 5.69 Å². The molecule has 3 aliphatic rings. The molecule has 3 aromatic rings. The van der Waals surface area contributed by atoms with Crippen molar-refractivity contribution in [2.75, 3.05) is 56.2 Å². The van der Waals surface area contributed by atoms with Crippen LogP contribution in [-0.4, -0.2) is 63.6 Å². The predicted molar refractivity (Wildman–Crippen MR) is 138 cm³/mol. The van der Waals surface area contributed by atoms with Gasteiger partial charge in [0.15, 0.2) is 0 Å². The Hall–Kier alpha value is -3.21. The molecular formula is C27H29FN4O4S. The van der Waals surface area contributed by atoms with E-state index in [1.165, 1.54) is 0 Å². The van der Waals surface area contributed by atoms with Gasteiger partial charge in [0.2, 0.25) is 10.0 Å². The van der Waals surface area contributed by atoms with Crippen LogP contribution in [-0.2, 0) is 14.8 Å². The summed E-state index contributed by atoms with van der Waals surface area (Å²) in [4.78, 5) is 6.27. The maximum atomic E-state index is 14.7. The Morgan fingerprint density at radius 3 is 2.46 bits per heavy atom. The number of aromatic nitrogens is 1. The maximum Gasteiger partial charge on any atom is 0.243 e. The number of nitrogens with one attached hydrogen (secondary N) is 1. The number of halogens is 1. The second-order valence-electron chi connectivity index (χ2n) is 9.72. The number of pyridine rings is 1. The monoisotopic (exact) mass is 524 g/mol. The van der Waals surface area contributed by atoms with Crippen LogP contribution < -0.4 is 15.0 Å². The van der Waals surface area contributed by atoms with Gasteiger partial charge in [0.05, 0.1) is 30.0 Å². The minimum atomic E-state index is -3.56. The average molecular weight is 525 g/mol. The third kappa shape index (κ3) is 5.01. The Kier molecular flexibility index (Phi) is 6.48. The standard InChI is InChI=1S/C27H29FN4O4S/c28-26-14-19(3-8-27(26)31-10-12-35-13-11-31)30-16-23-24-17-32(18-25(23)24)37(33,34)22-6-4-20(5-7-22)36-21-2-1-9-29-15-21/h1-9,14-15,23-25,30H,10-13,16-18H2. The Bertz CT molecular complexity index is 1340. The number of hydrogen-bond acceptors (Lipinski definition) is 7. The van der Waals surface area contributed by atoms with Crippen LogP contribution in [0.1, 0.15) is 0 Å². The quantitative estimate of drug-likeness (QED) is 0.480. The first-order chi connectivity index (χ1) is 18.0. The summed E-state index contributed by atoms with van der Waals surface area (Å²) >= 11 is 0. The third-order valence-electron chi connectivity index (χ3n) is 7.51. The minimum Gasteiger partial charge on any atom is -0.456 e. The van der Waals surface area contributed by atoms with Gasteiger partial charge in [-0.2, -0.15) is 4.31 Å². The van der Waals surface area contributed by atoms with Gasteiger partial charge in [-0.15, -0.1) is 0 Å². The summed E-state index contributed by atoms with van der Waals surface area (Å²) < 4.78 is 53.6. The number of benzene rings is 2. The van der Waals surface area contributed by atoms with Crippen molar-refractivity contribution in [1.82, 2.24) is 9.29 Å². The van der Waals surface area contributed by atoms with E-state index in [1.807, 2.05) is 17.0 Å². The molecular weight excluding hydrogens is 495 g/mol. The molecule has 3 heterocycles. The molecule has 2 atom stereocenters. The van der Waals surface area contributed by atoms with E-state index in [-0.39, 0.29) is 10.7 Å². The minimum absolute atomic E-state index is 0.239. The first kappa shape index (κ1) is 24.1. The lowest BCUT2D eigenvalue weighted by Crippen LogP contribution is -2.36. The highest BCUT2D eigenvalue weighted by atomic mass is 32.2. The molecule has 8 nitrogen and oxygen atoms in total. The number of ether oxygens (including phenoxy) is 2. The first-order valence-corrected chi connectivity index (χ1v) is 14.0. The van der Waals surface area contributed by atoms with Crippen LogP contribution >= 0.6 is 0 Å². The first-order valence-electron chi connectivity index (χ1n) is 12.5. The van der Waals surface area contributed by atoms with Crippen LogP contribution in [0.4, 0.5) is 15.8 Å². The molecule has 10 heteroatoms. The summed E-state index contributed by atoms with van der Waals surface area (Å²) in [5.74, 6) is 1.95. The van der Waals surface area contributed by atoms with Crippen molar-refractivity contribution in [2.24, 2.45) is 17.8 Å². The van der Waals surface area contributed by atoms with Gasteiger partial charge < -0.3 is 19.7 Å². The number of piperidine rings is 1. The van der Waals surface area contributed by atoms with Crippen LogP contribution in [0.15, 0.2) is 71.9 Å². The molecule has 0 spiro atoms. The van der Waals surface area contributed by atoms with E-state index in [4.69, 9.17) is 9.47 Å². The zero-order chi connectivity index (χ0) is 25.4. The molecule has 2 saturated heterocycles. The van der Waals surface area contributed by atoms with Crippen LogP contribution in [0.25, 0.3) is 0 Å². The van der Waals surface area contributed by atoms with Crippen LogP contribution in [0.5, 0.6) is 11.5 Å². The number of sulfonamides is 1. The Morgan fingerprint density at radius 2 is 1.78 bits per heavy atom. The Morgan fingerprint density at radius 1 is 1.03 bits per heavy atom. The molecule has 0 amide bonds. The van der Waals surface area contributed by atoms with Crippen molar-refractivity contribution in [3.63, 3.8) is 0 Å².